The Hall–Kier alpha value is -3.60. The summed E-state index contributed by atoms with van der Waals surface area (Å²) in [7, 11) is 0. The molecule has 0 bridgehead atoms. The van der Waals surface area contributed by atoms with Crippen molar-refractivity contribution in [3.63, 3.8) is 0 Å². The van der Waals surface area contributed by atoms with Crippen LogP contribution in [-0.2, 0) is 6.54 Å². The Morgan fingerprint density at radius 3 is 1.81 bits per heavy atom. The van der Waals surface area contributed by atoms with Gasteiger partial charge in [0, 0.05) is 23.5 Å². The first-order chi connectivity index (χ1) is 12.7. The van der Waals surface area contributed by atoms with E-state index in [0.29, 0.717) is 23.5 Å². The molecule has 0 spiro atoms. The quantitative estimate of drug-likeness (QED) is 0.646. The van der Waals surface area contributed by atoms with Gasteiger partial charge in [0.2, 0.25) is 0 Å². The second kappa shape index (κ2) is 8.48. The molecule has 0 atom stereocenters. The number of amides is 3. The van der Waals surface area contributed by atoms with E-state index < -0.39 is 0 Å². The van der Waals surface area contributed by atoms with Gasteiger partial charge in [0.15, 0.2) is 0 Å². The number of carbonyl (C=O) groups excluding carboxylic acids is 2. The van der Waals surface area contributed by atoms with Crippen LogP contribution in [0, 0.1) is 0 Å². The van der Waals surface area contributed by atoms with Crippen molar-refractivity contribution in [3.05, 3.63) is 96.1 Å². The van der Waals surface area contributed by atoms with Gasteiger partial charge in [-0.1, -0.05) is 48.5 Å². The molecule has 130 valence electrons. The van der Waals surface area contributed by atoms with Crippen molar-refractivity contribution in [3.8, 4) is 0 Å². The number of urea groups is 1. The Kier molecular flexibility index (Phi) is 5.62. The van der Waals surface area contributed by atoms with Crippen molar-refractivity contribution in [2.75, 3.05) is 10.6 Å². The summed E-state index contributed by atoms with van der Waals surface area (Å²) >= 11 is 0. The van der Waals surface area contributed by atoms with Crippen LogP contribution in [0.1, 0.15) is 15.9 Å². The Morgan fingerprint density at radius 1 is 0.654 bits per heavy atom. The molecule has 5 nitrogen and oxygen atoms in total. The summed E-state index contributed by atoms with van der Waals surface area (Å²) in [5.74, 6) is -0.158. The minimum absolute atomic E-state index is 0.158. The van der Waals surface area contributed by atoms with Crippen LogP contribution in [0.15, 0.2) is 84.9 Å². The van der Waals surface area contributed by atoms with Crippen molar-refractivity contribution in [1.29, 1.82) is 0 Å². The van der Waals surface area contributed by atoms with Crippen molar-refractivity contribution in [2.24, 2.45) is 0 Å². The topological polar surface area (TPSA) is 70.2 Å². The Labute approximate surface area is 152 Å². The van der Waals surface area contributed by atoms with Crippen LogP contribution < -0.4 is 16.0 Å². The summed E-state index contributed by atoms with van der Waals surface area (Å²) in [5, 5.41) is 8.34. The normalized spacial score (nSPS) is 10.0. The molecule has 0 aliphatic rings. The SMILES string of the molecule is O=C(Nc1ccccc1)Nc1ccc(C(=O)NCc2ccccc2)cc1. The standard InChI is InChI=1S/C21H19N3O2/c25-20(22-15-16-7-3-1-4-8-16)17-11-13-19(14-12-17)24-21(26)23-18-9-5-2-6-10-18/h1-14H,15H2,(H,22,25)(H2,23,24,26). The maximum Gasteiger partial charge on any atom is 0.323 e. The number of anilines is 2. The molecule has 0 aliphatic carbocycles. The molecule has 0 unspecified atom stereocenters. The Morgan fingerprint density at radius 2 is 1.19 bits per heavy atom. The molecule has 0 heterocycles. The van der Waals surface area contributed by atoms with Gasteiger partial charge in [-0.2, -0.15) is 0 Å². The van der Waals surface area contributed by atoms with E-state index in [2.05, 4.69) is 16.0 Å². The second-order valence-electron chi connectivity index (χ2n) is 5.69. The molecule has 3 N–H and O–H groups in total. The lowest BCUT2D eigenvalue weighted by Crippen LogP contribution is -2.23. The van der Waals surface area contributed by atoms with E-state index in [1.165, 1.54) is 0 Å². The zero-order valence-electron chi connectivity index (χ0n) is 14.1. The van der Waals surface area contributed by atoms with E-state index in [1.54, 1.807) is 36.4 Å². The molecular weight excluding hydrogens is 326 g/mol. The van der Waals surface area contributed by atoms with E-state index >= 15 is 0 Å². The molecular formula is C21H19N3O2. The van der Waals surface area contributed by atoms with Crippen LogP contribution in [-0.4, -0.2) is 11.9 Å². The van der Waals surface area contributed by atoms with Crippen LogP contribution in [0.5, 0.6) is 0 Å². The van der Waals surface area contributed by atoms with Crippen LogP contribution in [0.3, 0.4) is 0 Å². The maximum absolute atomic E-state index is 12.2. The van der Waals surface area contributed by atoms with E-state index in [1.807, 2.05) is 48.5 Å². The monoisotopic (exact) mass is 345 g/mol. The van der Waals surface area contributed by atoms with Crippen LogP contribution >= 0.6 is 0 Å². The van der Waals surface area contributed by atoms with Crippen LogP contribution in [0.2, 0.25) is 0 Å². The molecule has 0 saturated heterocycles. The fourth-order valence-corrected chi connectivity index (χ4v) is 2.40. The molecule has 0 saturated carbocycles. The highest BCUT2D eigenvalue weighted by atomic mass is 16.2. The predicted molar refractivity (Wildman–Crippen MR) is 103 cm³/mol. The summed E-state index contributed by atoms with van der Waals surface area (Å²) in [4.78, 5) is 24.1. The summed E-state index contributed by atoms with van der Waals surface area (Å²) in [5.41, 5.74) is 2.90. The van der Waals surface area contributed by atoms with Crippen molar-refractivity contribution in [1.82, 2.24) is 5.32 Å². The zero-order valence-corrected chi connectivity index (χ0v) is 14.1. The van der Waals surface area contributed by atoms with Gasteiger partial charge < -0.3 is 16.0 Å². The van der Waals surface area contributed by atoms with Crippen molar-refractivity contribution >= 4 is 23.3 Å². The van der Waals surface area contributed by atoms with Crippen molar-refractivity contribution < 1.29 is 9.59 Å². The lowest BCUT2D eigenvalue weighted by Gasteiger charge is -2.09. The first-order valence-electron chi connectivity index (χ1n) is 8.26. The van der Waals surface area contributed by atoms with Gasteiger partial charge in [0.1, 0.15) is 0 Å². The lowest BCUT2D eigenvalue weighted by atomic mass is 10.2. The van der Waals surface area contributed by atoms with Gasteiger partial charge in [-0.25, -0.2) is 4.79 Å². The van der Waals surface area contributed by atoms with Crippen LogP contribution in [0.4, 0.5) is 16.2 Å². The average molecular weight is 345 g/mol. The van der Waals surface area contributed by atoms with Crippen molar-refractivity contribution in [2.45, 2.75) is 6.54 Å². The van der Waals surface area contributed by atoms with Gasteiger partial charge in [-0.3, -0.25) is 4.79 Å². The zero-order chi connectivity index (χ0) is 18.2. The third kappa shape index (κ3) is 4.95. The average Bonchev–Trinajstić information content (AvgIpc) is 2.68. The first-order valence-corrected chi connectivity index (χ1v) is 8.26. The Balaban J connectivity index is 1.52. The van der Waals surface area contributed by atoms with Gasteiger partial charge in [0.25, 0.3) is 5.91 Å². The first kappa shape index (κ1) is 17.2. The highest BCUT2D eigenvalue weighted by molar-refractivity contribution is 6.00. The maximum atomic E-state index is 12.2. The van der Waals surface area contributed by atoms with E-state index in [9.17, 15) is 9.59 Å². The summed E-state index contributed by atoms with van der Waals surface area (Å²) in [6, 6.07) is 25.3. The molecule has 3 aromatic carbocycles. The molecule has 3 amide bonds. The third-order valence-corrected chi connectivity index (χ3v) is 3.73. The Bertz CT molecular complexity index is 863. The predicted octanol–water partition coefficient (Wildman–Crippen LogP) is 4.26. The molecule has 3 aromatic rings. The van der Waals surface area contributed by atoms with Crippen LogP contribution in [0.25, 0.3) is 0 Å². The molecule has 5 heteroatoms. The highest BCUT2D eigenvalue weighted by Crippen LogP contribution is 2.11. The molecule has 3 rings (SSSR count). The largest absolute Gasteiger partial charge is 0.348 e. The number of rotatable bonds is 5. The molecule has 0 aromatic heterocycles. The minimum atomic E-state index is -0.336. The molecule has 0 radical (unpaired) electrons. The number of nitrogens with one attached hydrogen (secondary N) is 3. The lowest BCUT2D eigenvalue weighted by molar-refractivity contribution is 0.0951. The second-order valence-corrected chi connectivity index (χ2v) is 5.69. The number of carbonyl (C=O) groups is 2. The third-order valence-electron chi connectivity index (χ3n) is 3.73. The van der Waals surface area contributed by atoms with E-state index in [4.69, 9.17) is 0 Å². The fourth-order valence-electron chi connectivity index (χ4n) is 2.40. The number of hydrogen-bond donors (Lipinski definition) is 3. The summed E-state index contributed by atoms with van der Waals surface area (Å²) < 4.78 is 0. The molecule has 0 aliphatic heterocycles. The highest BCUT2D eigenvalue weighted by Gasteiger charge is 2.07. The van der Waals surface area contributed by atoms with E-state index in [-0.39, 0.29) is 11.9 Å². The smallest absolute Gasteiger partial charge is 0.323 e. The fraction of sp³-hybridized carbons (Fsp3) is 0.0476. The molecule has 26 heavy (non-hydrogen) atoms. The van der Waals surface area contributed by atoms with Gasteiger partial charge in [-0.05, 0) is 42.0 Å². The molecule has 0 fully saturated rings. The summed E-state index contributed by atoms with van der Waals surface area (Å²) in [6.07, 6.45) is 0. The van der Waals surface area contributed by atoms with Gasteiger partial charge in [0.05, 0.1) is 0 Å². The number of hydrogen-bond acceptors (Lipinski definition) is 2. The van der Waals surface area contributed by atoms with Gasteiger partial charge >= 0.3 is 6.03 Å². The minimum Gasteiger partial charge on any atom is -0.348 e. The van der Waals surface area contributed by atoms with Gasteiger partial charge in [-0.15, -0.1) is 0 Å². The number of benzene rings is 3. The van der Waals surface area contributed by atoms with E-state index in [0.717, 1.165) is 5.56 Å². The number of para-hydroxylation sites is 1. The summed E-state index contributed by atoms with van der Waals surface area (Å²) in [6.45, 7) is 0.471.